The van der Waals surface area contributed by atoms with Gasteiger partial charge in [-0.3, -0.25) is 19.2 Å². The van der Waals surface area contributed by atoms with Gasteiger partial charge >= 0.3 is 11.9 Å². The third kappa shape index (κ3) is 10.4. The van der Waals surface area contributed by atoms with Crippen LogP contribution in [0, 0.1) is 5.92 Å². The van der Waals surface area contributed by atoms with E-state index in [0.717, 1.165) is 0 Å². The van der Waals surface area contributed by atoms with Gasteiger partial charge in [0.15, 0.2) is 0 Å². The number of hydrogen-bond donors (Lipinski definition) is 7. The average molecular weight is 406 g/mol. The molecule has 12 heteroatoms. The number of carbonyl (C=O) groups excluding carboxylic acids is 3. The molecule has 0 aliphatic rings. The Labute approximate surface area is 161 Å². The van der Waals surface area contributed by atoms with Crippen molar-refractivity contribution in [2.24, 2.45) is 11.7 Å². The summed E-state index contributed by atoms with van der Waals surface area (Å²) < 4.78 is 0. The predicted octanol–water partition coefficient (Wildman–Crippen LogP) is -2.07. The van der Waals surface area contributed by atoms with Crippen LogP contribution in [0.1, 0.15) is 26.7 Å². The number of rotatable bonds is 12. The molecule has 0 rings (SSSR count). The Bertz CT molecular complexity index is 570. The van der Waals surface area contributed by atoms with Crippen LogP contribution in [0.5, 0.6) is 0 Å². The molecular weight excluding hydrogens is 380 g/mol. The average Bonchev–Trinajstić information content (AvgIpc) is 2.56. The van der Waals surface area contributed by atoms with Gasteiger partial charge in [0, 0.05) is 5.75 Å². The summed E-state index contributed by atoms with van der Waals surface area (Å²) in [4.78, 5) is 57.4. The van der Waals surface area contributed by atoms with Crippen LogP contribution in [0.4, 0.5) is 0 Å². The van der Waals surface area contributed by atoms with Gasteiger partial charge in [0.2, 0.25) is 17.7 Å². The maximum absolute atomic E-state index is 12.3. The minimum absolute atomic E-state index is 0.0501. The Morgan fingerprint density at radius 3 is 2.04 bits per heavy atom. The summed E-state index contributed by atoms with van der Waals surface area (Å²) in [6.45, 7) is 3.09. The molecule has 0 bridgehead atoms. The Balaban J connectivity index is 4.78. The molecule has 0 saturated heterocycles. The Morgan fingerprint density at radius 2 is 1.59 bits per heavy atom. The first kappa shape index (κ1) is 24.7. The van der Waals surface area contributed by atoms with Crippen molar-refractivity contribution >= 4 is 42.3 Å². The molecule has 3 amide bonds. The molecule has 0 aromatic carbocycles. The summed E-state index contributed by atoms with van der Waals surface area (Å²) in [6.07, 6.45) is -0.516. The first-order valence-electron chi connectivity index (χ1n) is 8.16. The molecule has 0 aliphatic heterocycles. The van der Waals surface area contributed by atoms with Crippen molar-refractivity contribution in [3.63, 3.8) is 0 Å². The van der Waals surface area contributed by atoms with Gasteiger partial charge in [-0.25, -0.2) is 4.79 Å². The summed E-state index contributed by atoms with van der Waals surface area (Å²) in [5.41, 5.74) is 5.55. The number of carboxylic acids is 2. The lowest BCUT2D eigenvalue weighted by molar-refractivity contribution is -0.147. The molecule has 0 aromatic heterocycles. The molecule has 27 heavy (non-hydrogen) atoms. The van der Waals surface area contributed by atoms with Crippen LogP contribution in [-0.4, -0.2) is 70.3 Å². The topological polar surface area (TPSA) is 188 Å². The number of aliphatic carboxylic acids is 2. The number of nitrogens with one attached hydrogen (secondary N) is 3. The highest BCUT2D eigenvalue weighted by atomic mass is 32.1. The summed E-state index contributed by atoms with van der Waals surface area (Å²) in [6, 6.07) is -3.46. The van der Waals surface area contributed by atoms with Crippen LogP contribution in [0.25, 0.3) is 0 Å². The van der Waals surface area contributed by atoms with Crippen LogP contribution in [0.15, 0.2) is 0 Å². The summed E-state index contributed by atoms with van der Waals surface area (Å²) in [7, 11) is 0. The standard InChI is InChI=1S/C15H26N4O7S/c1-7(2)3-9(19-13(23)8(16)6-27)14(24)17-5-11(20)18-10(15(25)26)4-12(21)22/h7-10,27H,3-6,16H2,1-2H3,(H,17,24)(H,18,20)(H,19,23)(H,21,22)(H,25,26). The molecule has 0 aromatic rings. The number of amides is 3. The zero-order chi connectivity index (χ0) is 21.1. The van der Waals surface area contributed by atoms with Gasteiger partial charge in [-0.1, -0.05) is 13.8 Å². The molecule has 0 saturated carbocycles. The van der Waals surface area contributed by atoms with E-state index in [1.165, 1.54) is 0 Å². The zero-order valence-electron chi connectivity index (χ0n) is 15.1. The Morgan fingerprint density at radius 1 is 1.00 bits per heavy atom. The molecule has 0 spiro atoms. The van der Waals surface area contributed by atoms with E-state index in [-0.39, 0.29) is 18.1 Å². The fourth-order valence-electron chi connectivity index (χ4n) is 1.98. The van der Waals surface area contributed by atoms with Crippen molar-refractivity contribution in [2.45, 2.75) is 44.8 Å². The minimum Gasteiger partial charge on any atom is -0.481 e. The fourth-order valence-corrected chi connectivity index (χ4v) is 2.14. The fraction of sp³-hybridized carbons (Fsp3) is 0.667. The zero-order valence-corrected chi connectivity index (χ0v) is 16.0. The van der Waals surface area contributed by atoms with Crippen molar-refractivity contribution in [2.75, 3.05) is 12.3 Å². The van der Waals surface area contributed by atoms with Crippen molar-refractivity contribution in [3.8, 4) is 0 Å². The van der Waals surface area contributed by atoms with Gasteiger partial charge < -0.3 is 31.9 Å². The molecule has 7 N–H and O–H groups in total. The number of hydrogen-bond acceptors (Lipinski definition) is 7. The number of nitrogens with two attached hydrogens (primary N) is 1. The van der Waals surface area contributed by atoms with E-state index in [1.54, 1.807) is 0 Å². The second-order valence-corrected chi connectivity index (χ2v) is 6.62. The van der Waals surface area contributed by atoms with E-state index in [2.05, 4.69) is 23.3 Å². The highest BCUT2D eigenvalue weighted by Crippen LogP contribution is 2.05. The molecule has 3 atom stereocenters. The lowest BCUT2D eigenvalue weighted by Crippen LogP contribution is -2.54. The molecule has 154 valence electrons. The number of carbonyl (C=O) groups is 5. The smallest absolute Gasteiger partial charge is 0.326 e. The third-order valence-corrected chi connectivity index (χ3v) is 3.70. The molecule has 3 unspecified atom stereocenters. The van der Waals surface area contributed by atoms with Crippen molar-refractivity contribution in [3.05, 3.63) is 0 Å². The molecule has 0 heterocycles. The summed E-state index contributed by atoms with van der Waals surface area (Å²) >= 11 is 3.91. The van der Waals surface area contributed by atoms with Crippen molar-refractivity contribution in [1.82, 2.24) is 16.0 Å². The van der Waals surface area contributed by atoms with Gasteiger partial charge in [0.05, 0.1) is 19.0 Å². The first-order valence-corrected chi connectivity index (χ1v) is 8.79. The highest BCUT2D eigenvalue weighted by Gasteiger charge is 2.26. The van der Waals surface area contributed by atoms with E-state index in [9.17, 15) is 24.0 Å². The van der Waals surface area contributed by atoms with E-state index in [0.29, 0.717) is 0 Å². The maximum atomic E-state index is 12.3. The largest absolute Gasteiger partial charge is 0.481 e. The molecule has 0 aliphatic carbocycles. The lowest BCUT2D eigenvalue weighted by Gasteiger charge is -2.21. The van der Waals surface area contributed by atoms with E-state index < -0.39 is 60.8 Å². The second kappa shape index (κ2) is 12.1. The Hall–Kier alpha value is -2.34. The van der Waals surface area contributed by atoms with Gasteiger partial charge in [-0.15, -0.1) is 0 Å². The summed E-state index contributed by atoms with van der Waals surface area (Å²) in [5.74, 6) is -4.86. The Kier molecular flexibility index (Phi) is 11.1. The van der Waals surface area contributed by atoms with E-state index >= 15 is 0 Å². The monoisotopic (exact) mass is 406 g/mol. The van der Waals surface area contributed by atoms with Gasteiger partial charge in [-0.05, 0) is 12.3 Å². The molecular formula is C15H26N4O7S. The van der Waals surface area contributed by atoms with Crippen LogP contribution in [0.3, 0.4) is 0 Å². The minimum atomic E-state index is -1.62. The molecule has 0 radical (unpaired) electrons. The van der Waals surface area contributed by atoms with Crippen LogP contribution >= 0.6 is 12.6 Å². The van der Waals surface area contributed by atoms with E-state index in [4.69, 9.17) is 15.9 Å². The van der Waals surface area contributed by atoms with Crippen molar-refractivity contribution < 1.29 is 34.2 Å². The van der Waals surface area contributed by atoms with Crippen LogP contribution in [0.2, 0.25) is 0 Å². The predicted molar refractivity (Wildman–Crippen MR) is 98.0 cm³/mol. The SMILES string of the molecule is CC(C)CC(NC(=O)C(N)CS)C(=O)NCC(=O)NC(CC(=O)O)C(=O)O. The molecule has 0 fully saturated rings. The van der Waals surface area contributed by atoms with E-state index in [1.807, 2.05) is 19.2 Å². The third-order valence-electron chi connectivity index (χ3n) is 3.31. The second-order valence-electron chi connectivity index (χ2n) is 6.25. The van der Waals surface area contributed by atoms with Gasteiger partial charge in [0.25, 0.3) is 0 Å². The number of carboxylic acid groups (broad SMARTS) is 2. The number of thiol groups is 1. The quantitative estimate of drug-likeness (QED) is 0.180. The first-order chi connectivity index (χ1) is 12.5. The van der Waals surface area contributed by atoms with Gasteiger partial charge in [0.1, 0.15) is 12.1 Å². The maximum Gasteiger partial charge on any atom is 0.326 e. The van der Waals surface area contributed by atoms with Crippen LogP contribution < -0.4 is 21.7 Å². The van der Waals surface area contributed by atoms with Gasteiger partial charge in [-0.2, -0.15) is 12.6 Å². The van der Waals surface area contributed by atoms with Crippen molar-refractivity contribution in [1.29, 1.82) is 0 Å². The molecule has 11 nitrogen and oxygen atoms in total. The summed E-state index contributed by atoms with van der Waals surface area (Å²) in [5, 5.41) is 24.3. The van der Waals surface area contributed by atoms with Crippen LogP contribution in [-0.2, 0) is 24.0 Å². The highest BCUT2D eigenvalue weighted by molar-refractivity contribution is 7.80. The lowest BCUT2D eigenvalue weighted by atomic mass is 10.0. The normalized spacial score (nSPS) is 14.0.